The van der Waals surface area contributed by atoms with Gasteiger partial charge in [-0.2, -0.15) is 0 Å². The molecule has 1 aliphatic rings. The first kappa shape index (κ1) is 12.0. The van der Waals surface area contributed by atoms with Gasteiger partial charge in [0, 0.05) is 30.7 Å². The summed E-state index contributed by atoms with van der Waals surface area (Å²) in [6.45, 7) is 4.09. The second-order valence-corrected chi connectivity index (χ2v) is 4.95. The van der Waals surface area contributed by atoms with Gasteiger partial charge < -0.3 is 4.90 Å². The normalized spacial score (nSPS) is 15.2. The van der Waals surface area contributed by atoms with Crippen LogP contribution in [0.5, 0.6) is 0 Å². The number of anilines is 1. The highest BCUT2D eigenvalue weighted by atomic mass is 15.1. The second-order valence-electron chi connectivity index (χ2n) is 4.95. The van der Waals surface area contributed by atoms with Gasteiger partial charge in [-0.05, 0) is 36.6 Å². The topological polar surface area (TPSA) is 16.1 Å². The minimum absolute atomic E-state index is 0.980. The molecule has 0 saturated carbocycles. The van der Waals surface area contributed by atoms with E-state index in [1.54, 1.807) is 0 Å². The molecular weight excluding hydrogens is 232 g/mol. The predicted molar refractivity (Wildman–Crippen MR) is 80.2 cm³/mol. The highest BCUT2D eigenvalue weighted by Gasteiger charge is 2.13. The van der Waals surface area contributed by atoms with E-state index in [0.29, 0.717) is 0 Å². The van der Waals surface area contributed by atoms with Crippen molar-refractivity contribution in [1.29, 1.82) is 0 Å². The first-order chi connectivity index (χ1) is 9.33. The van der Waals surface area contributed by atoms with Crippen LogP contribution in [0.3, 0.4) is 0 Å². The number of aromatic nitrogens is 1. The molecule has 1 aromatic carbocycles. The molecule has 1 aromatic heterocycles. The van der Waals surface area contributed by atoms with E-state index >= 15 is 0 Å². The molecule has 2 heteroatoms. The van der Waals surface area contributed by atoms with Crippen LogP contribution in [0.25, 0.3) is 5.57 Å². The van der Waals surface area contributed by atoms with Crippen LogP contribution in [0.4, 0.5) is 5.69 Å². The summed E-state index contributed by atoms with van der Waals surface area (Å²) in [5.41, 5.74) is 5.17. The van der Waals surface area contributed by atoms with Crippen molar-refractivity contribution in [2.45, 2.75) is 13.3 Å². The third kappa shape index (κ3) is 2.68. The molecule has 96 valence electrons. The lowest BCUT2D eigenvalue weighted by atomic mass is 9.99. The van der Waals surface area contributed by atoms with Crippen LogP contribution in [0.2, 0.25) is 0 Å². The predicted octanol–water partition coefficient (Wildman–Crippen LogP) is 3.68. The standard InChI is InChI=1S/C17H18N2/c1-14-13-17(7-10-18-14)19-11-8-16(9-12-19)15-5-3-2-4-6-15/h2-8,10,13H,9,11-12H2,1H3. The second kappa shape index (κ2) is 5.27. The van der Waals surface area contributed by atoms with Gasteiger partial charge in [-0.25, -0.2) is 0 Å². The summed E-state index contributed by atoms with van der Waals surface area (Å²) in [6, 6.07) is 14.9. The van der Waals surface area contributed by atoms with E-state index in [0.717, 1.165) is 25.2 Å². The Morgan fingerprint density at radius 3 is 2.63 bits per heavy atom. The number of rotatable bonds is 2. The van der Waals surface area contributed by atoms with Crippen LogP contribution in [0.1, 0.15) is 17.7 Å². The maximum absolute atomic E-state index is 4.26. The van der Waals surface area contributed by atoms with Crippen molar-refractivity contribution >= 4 is 11.3 Å². The van der Waals surface area contributed by atoms with Crippen LogP contribution in [-0.2, 0) is 0 Å². The van der Waals surface area contributed by atoms with Gasteiger partial charge in [-0.15, -0.1) is 0 Å². The smallest absolute Gasteiger partial charge is 0.0402 e. The first-order valence-electron chi connectivity index (χ1n) is 6.75. The molecule has 0 spiro atoms. The average Bonchev–Trinajstić information content (AvgIpc) is 2.48. The van der Waals surface area contributed by atoms with Gasteiger partial charge in [-0.1, -0.05) is 36.4 Å². The molecule has 0 amide bonds. The SMILES string of the molecule is Cc1cc(N2CC=C(c3ccccc3)CC2)ccn1. The molecule has 2 aromatic rings. The maximum atomic E-state index is 4.26. The molecule has 0 radical (unpaired) electrons. The van der Waals surface area contributed by atoms with Crippen LogP contribution >= 0.6 is 0 Å². The monoisotopic (exact) mass is 250 g/mol. The molecule has 0 N–H and O–H groups in total. The summed E-state index contributed by atoms with van der Waals surface area (Å²) in [7, 11) is 0. The van der Waals surface area contributed by atoms with Crippen LogP contribution in [0, 0.1) is 6.92 Å². The molecule has 2 heterocycles. The van der Waals surface area contributed by atoms with Crippen molar-refractivity contribution in [3.8, 4) is 0 Å². The van der Waals surface area contributed by atoms with Crippen molar-refractivity contribution < 1.29 is 0 Å². The lowest BCUT2D eigenvalue weighted by Gasteiger charge is -2.28. The maximum Gasteiger partial charge on any atom is 0.0402 e. The molecular formula is C17H18N2. The van der Waals surface area contributed by atoms with E-state index in [9.17, 15) is 0 Å². The van der Waals surface area contributed by atoms with Crippen molar-refractivity contribution in [2.24, 2.45) is 0 Å². The molecule has 0 atom stereocenters. The Morgan fingerprint density at radius 1 is 1.11 bits per heavy atom. The summed E-state index contributed by atoms with van der Waals surface area (Å²) in [5, 5.41) is 0. The van der Waals surface area contributed by atoms with E-state index in [1.165, 1.54) is 16.8 Å². The van der Waals surface area contributed by atoms with Crippen molar-refractivity contribution in [2.75, 3.05) is 18.0 Å². The number of hydrogen-bond acceptors (Lipinski definition) is 2. The van der Waals surface area contributed by atoms with Crippen molar-refractivity contribution in [3.63, 3.8) is 0 Å². The molecule has 0 saturated heterocycles. The minimum atomic E-state index is 0.980. The van der Waals surface area contributed by atoms with Gasteiger partial charge in [-0.3, -0.25) is 4.98 Å². The summed E-state index contributed by atoms with van der Waals surface area (Å²) in [5.74, 6) is 0. The zero-order valence-corrected chi connectivity index (χ0v) is 11.2. The summed E-state index contributed by atoms with van der Waals surface area (Å²) >= 11 is 0. The van der Waals surface area contributed by atoms with Gasteiger partial charge in [0.2, 0.25) is 0 Å². The van der Waals surface area contributed by atoms with Crippen molar-refractivity contribution in [1.82, 2.24) is 4.98 Å². The zero-order chi connectivity index (χ0) is 13.1. The van der Waals surface area contributed by atoms with Crippen molar-refractivity contribution in [3.05, 3.63) is 66.0 Å². The van der Waals surface area contributed by atoms with Gasteiger partial charge >= 0.3 is 0 Å². The quantitative estimate of drug-likeness (QED) is 0.808. The van der Waals surface area contributed by atoms with Gasteiger partial charge in [0.25, 0.3) is 0 Å². The van der Waals surface area contributed by atoms with Gasteiger partial charge in [0.15, 0.2) is 0 Å². The number of benzene rings is 1. The Morgan fingerprint density at radius 2 is 1.95 bits per heavy atom. The fourth-order valence-corrected chi connectivity index (χ4v) is 2.55. The fraction of sp³-hybridized carbons (Fsp3) is 0.235. The Labute approximate surface area is 114 Å². The fourth-order valence-electron chi connectivity index (χ4n) is 2.55. The third-order valence-electron chi connectivity index (χ3n) is 3.60. The number of pyridine rings is 1. The summed E-state index contributed by atoms with van der Waals surface area (Å²) in [4.78, 5) is 6.66. The summed E-state index contributed by atoms with van der Waals surface area (Å²) < 4.78 is 0. The number of aryl methyl sites for hydroxylation is 1. The van der Waals surface area contributed by atoms with Crippen LogP contribution in [-0.4, -0.2) is 18.1 Å². The van der Waals surface area contributed by atoms with E-state index in [4.69, 9.17) is 0 Å². The number of hydrogen-bond donors (Lipinski definition) is 0. The lowest BCUT2D eigenvalue weighted by molar-refractivity contribution is 0.830. The Balaban J connectivity index is 1.77. The molecule has 0 bridgehead atoms. The summed E-state index contributed by atoms with van der Waals surface area (Å²) in [6.07, 6.45) is 5.33. The molecule has 0 unspecified atom stereocenters. The Hall–Kier alpha value is -2.09. The average molecular weight is 250 g/mol. The number of nitrogens with zero attached hydrogens (tertiary/aromatic N) is 2. The van der Waals surface area contributed by atoms with E-state index in [1.807, 2.05) is 13.1 Å². The Bertz CT molecular complexity index is 587. The minimum Gasteiger partial charge on any atom is -0.367 e. The van der Waals surface area contributed by atoms with Gasteiger partial charge in [0.1, 0.15) is 0 Å². The van der Waals surface area contributed by atoms with E-state index in [-0.39, 0.29) is 0 Å². The molecule has 0 fully saturated rings. The first-order valence-corrected chi connectivity index (χ1v) is 6.75. The third-order valence-corrected chi connectivity index (χ3v) is 3.60. The highest BCUT2D eigenvalue weighted by Crippen LogP contribution is 2.25. The van der Waals surface area contributed by atoms with E-state index in [2.05, 4.69) is 58.4 Å². The molecule has 19 heavy (non-hydrogen) atoms. The molecule has 1 aliphatic heterocycles. The van der Waals surface area contributed by atoms with Gasteiger partial charge in [0.05, 0.1) is 0 Å². The van der Waals surface area contributed by atoms with Crippen LogP contribution < -0.4 is 4.90 Å². The largest absolute Gasteiger partial charge is 0.367 e. The van der Waals surface area contributed by atoms with E-state index < -0.39 is 0 Å². The lowest BCUT2D eigenvalue weighted by Crippen LogP contribution is -2.28. The van der Waals surface area contributed by atoms with Crippen LogP contribution in [0.15, 0.2) is 54.7 Å². The molecule has 0 aliphatic carbocycles. The Kier molecular flexibility index (Phi) is 3.32. The highest BCUT2D eigenvalue weighted by molar-refractivity contribution is 5.68. The zero-order valence-electron chi connectivity index (χ0n) is 11.2. The molecule has 3 rings (SSSR count). The molecule has 2 nitrogen and oxygen atoms in total.